The second-order valence-corrected chi connectivity index (χ2v) is 5.38. The molecule has 6 heteroatoms. The molecule has 114 valence electrons. The average Bonchev–Trinajstić information content (AvgIpc) is 2.46. The van der Waals surface area contributed by atoms with Crippen molar-refractivity contribution in [3.8, 4) is 0 Å². The van der Waals surface area contributed by atoms with E-state index in [1.807, 2.05) is 6.92 Å². The SMILES string of the molecule is CCC[C@@H]1CN(c2ccc([N+](=O)[O-])cc2C=O)C[C@H](C)O1. The number of nitro benzene ring substituents is 1. The van der Waals surface area contributed by atoms with Gasteiger partial charge in [-0.05, 0) is 19.4 Å². The summed E-state index contributed by atoms with van der Waals surface area (Å²) in [7, 11) is 0. The van der Waals surface area contributed by atoms with E-state index in [0.29, 0.717) is 24.9 Å². The van der Waals surface area contributed by atoms with E-state index in [2.05, 4.69) is 11.8 Å². The van der Waals surface area contributed by atoms with Crippen LogP contribution < -0.4 is 4.90 Å². The molecule has 0 spiro atoms. The van der Waals surface area contributed by atoms with Crippen molar-refractivity contribution in [1.29, 1.82) is 0 Å². The Morgan fingerprint density at radius 2 is 2.24 bits per heavy atom. The third-order valence-electron chi connectivity index (χ3n) is 3.63. The van der Waals surface area contributed by atoms with Crippen LogP contribution in [0.3, 0.4) is 0 Å². The highest BCUT2D eigenvalue weighted by Gasteiger charge is 2.26. The molecule has 1 aliphatic rings. The van der Waals surface area contributed by atoms with Gasteiger partial charge in [-0.1, -0.05) is 13.3 Å². The highest BCUT2D eigenvalue weighted by molar-refractivity contribution is 5.86. The van der Waals surface area contributed by atoms with Crippen LogP contribution in [-0.2, 0) is 4.74 Å². The van der Waals surface area contributed by atoms with Gasteiger partial charge in [-0.3, -0.25) is 14.9 Å². The maximum atomic E-state index is 11.3. The summed E-state index contributed by atoms with van der Waals surface area (Å²) in [4.78, 5) is 23.7. The average molecular weight is 292 g/mol. The van der Waals surface area contributed by atoms with E-state index in [-0.39, 0.29) is 17.9 Å². The van der Waals surface area contributed by atoms with Gasteiger partial charge in [0.2, 0.25) is 0 Å². The lowest BCUT2D eigenvalue weighted by Crippen LogP contribution is -2.47. The topological polar surface area (TPSA) is 72.7 Å². The number of carbonyl (C=O) groups excluding carboxylic acids is 1. The third kappa shape index (κ3) is 3.58. The molecule has 0 saturated carbocycles. The molecule has 0 N–H and O–H groups in total. The quantitative estimate of drug-likeness (QED) is 0.474. The maximum Gasteiger partial charge on any atom is 0.270 e. The van der Waals surface area contributed by atoms with Gasteiger partial charge < -0.3 is 9.64 Å². The zero-order chi connectivity index (χ0) is 15.4. The summed E-state index contributed by atoms with van der Waals surface area (Å²) in [5, 5.41) is 10.8. The van der Waals surface area contributed by atoms with Crippen molar-refractivity contribution in [3.05, 3.63) is 33.9 Å². The Kier molecular flexibility index (Phi) is 4.90. The molecule has 21 heavy (non-hydrogen) atoms. The van der Waals surface area contributed by atoms with E-state index in [4.69, 9.17) is 4.74 Å². The number of hydrogen-bond donors (Lipinski definition) is 0. The monoisotopic (exact) mass is 292 g/mol. The van der Waals surface area contributed by atoms with Crippen molar-refractivity contribution in [3.63, 3.8) is 0 Å². The summed E-state index contributed by atoms with van der Waals surface area (Å²) in [6.07, 6.45) is 2.88. The Morgan fingerprint density at radius 1 is 1.48 bits per heavy atom. The van der Waals surface area contributed by atoms with Crippen LogP contribution >= 0.6 is 0 Å². The first-order valence-electron chi connectivity index (χ1n) is 7.19. The number of nitrogens with zero attached hydrogens (tertiary/aromatic N) is 2. The van der Waals surface area contributed by atoms with Gasteiger partial charge in [0.15, 0.2) is 6.29 Å². The Balaban J connectivity index is 2.27. The minimum absolute atomic E-state index is 0.0627. The zero-order valence-electron chi connectivity index (χ0n) is 12.3. The van der Waals surface area contributed by atoms with Crippen molar-refractivity contribution >= 4 is 17.7 Å². The van der Waals surface area contributed by atoms with E-state index in [1.54, 1.807) is 6.07 Å². The van der Waals surface area contributed by atoms with E-state index in [1.165, 1.54) is 12.1 Å². The molecule has 2 rings (SSSR count). The molecular formula is C15H20N2O4. The number of non-ortho nitro benzene ring substituents is 1. The second-order valence-electron chi connectivity index (χ2n) is 5.38. The molecule has 1 saturated heterocycles. The van der Waals surface area contributed by atoms with Gasteiger partial charge in [-0.15, -0.1) is 0 Å². The summed E-state index contributed by atoms with van der Waals surface area (Å²) < 4.78 is 5.88. The van der Waals surface area contributed by atoms with Gasteiger partial charge >= 0.3 is 0 Å². The lowest BCUT2D eigenvalue weighted by Gasteiger charge is -2.38. The Morgan fingerprint density at radius 3 is 2.86 bits per heavy atom. The second kappa shape index (κ2) is 6.67. The molecule has 1 heterocycles. The maximum absolute atomic E-state index is 11.3. The fourth-order valence-corrected chi connectivity index (χ4v) is 2.76. The highest BCUT2D eigenvalue weighted by Crippen LogP contribution is 2.27. The molecule has 0 amide bonds. The van der Waals surface area contributed by atoms with Gasteiger partial charge in [-0.25, -0.2) is 0 Å². The number of aldehydes is 1. The summed E-state index contributed by atoms with van der Waals surface area (Å²) >= 11 is 0. The van der Waals surface area contributed by atoms with Crippen LogP contribution in [0.5, 0.6) is 0 Å². The van der Waals surface area contributed by atoms with Gasteiger partial charge in [0.1, 0.15) is 0 Å². The van der Waals surface area contributed by atoms with E-state index in [9.17, 15) is 14.9 Å². The molecule has 0 bridgehead atoms. The normalized spacial score (nSPS) is 22.1. The molecule has 1 fully saturated rings. The number of rotatable bonds is 5. The molecule has 6 nitrogen and oxygen atoms in total. The number of anilines is 1. The zero-order valence-corrected chi connectivity index (χ0v) is 12.3. The van der Waals surface area contributed by atoms with Crippen LogP contribution in [-0.4, -0.2) is 36.5 Å². The number of benzene rings is 1. The lowest BCUT2D eigenvalue weighted by atomic mass is 10.1. The molecule has 1 aliphatic heterocycles. The Hall–Kier alpha value is -1.95. The first-order valence-corrected chi connectivity index (χ1v) is 7.19. The van der Waals surface area contributed by atoms with E-state index < -0.39 is 4.92 Å². The summed E-state index contributed by atoms with van der Waals surface area (Å²) in [6, 6.07) is 4.43. The van der Waals surface area contributed by atoms with Crippen molar-refractivity contribution in [2.75, 3.05) is 18.0 Å². The third-order valence-corrected chi connectivity index (χ3v) is 3.63. The fraction of sp³-hybridized carbons (Fsp3) is 0.533. The molecule has 1 aromatic rings. The van der Waals surface area contributed by atoms with Gasteiger partial charge in [0.05, 0.1) is 17.1 Å². The molecule has 0 unspecified atom stereocenters. The van der Waals surface area contributed by atoms with Crippen LogP contribution in [0.2, 0.25) is 0 Å². The summed E-state index contributed by atoms with van der Waals surface area (Å²) in [5.41, 5.74) is 1.03. The molecule has 0 aliphatic carbocycles. The predicted octanol–water partition coefficient (Wildman–Crippen LogP) is 2.80. The van der Waals surface area contributed by atoms with Crippen molar-refractivity contribution in [2.45, 2.75) is 38.9 Å². The minimum atomic E-state index is -0.487. The number of hydrogen-bond acceptors (Lipinski definition) is 5. The molecule has 0 radical (unpaired) electrons. The van der Waals surface area contributed by atoms with Crippen LogP contribution in [0.4, 0.5) is 11.4 Å². The standard InChI is InChI=1S/C15H20N2O4/c1-3-4-14-9-16(8-11(2)21-14)15-6-5-13(17(19)20)7-12(15)10-18/h5-7,10-11,14H,3-4,8-9H2,1-2H3/t11-,14+/m0/s1. The summed E-state index contributed by atoms with van der Waals surface area (Å²) in [6.45, 7) is 5.49. The van der Waals surface area contributed by atoms with Crippen LogP contribution in [0.25, 0.3) is 0 Å². The first kappa shape index (κ1) is 15.4. The minimum Gasteiger partial charge on any atom is -0.372 e. The lowest BCUT2D eigenvalue weighted by molar-refractivity contribution is -0.384. The van der Waals surface area contributed by atoms with Gasteiger partial charge in [0, 0.05) is 36.5 Å². The smallest absolute Gasteiger partial charge is 0.270 e. The molecular weight excluding hydrogens is 272 g/mol. The molecule has 0 aromatic heterocycles. The number of ether oxygens (including phenoxy) is 1. The van der Waals surface area contributed by atoms with Crippen molar-refractivity contribution in [1.82, 2.24) is 0 Å². The summed E-state index contributed by atoms with van der Waals surface area (Å²) in [5.74, 6) is 0. The fourth-order valence-electron chi connectivity index (χ4n) is 2.76. The molecule has 2 atom stereocenters. The predicted molar refractivity (Wildman–Crippen MR) is 79.9 cm³/mol. The number of nitro groups is 1. The number of morpholine rings is 1. The molecule has 1 aromatic carbocycles. The van der Waals surface area contributed by atoms with Crippen LogP contribution in [0, 0.1) is 10.1 Å². The Bertz CT molecular complexity index is 532. The Labute approximate surface area is 123 Å². The van der Waals surface area contributed by atoms with Crippen molar-refractivity contribution in [2.24, 2.45) is 0 Å². The highest BCUT2D eigenvalue weighted by atomic mass is 16.6. The first-order chi connectivity index (χ1) is 10.0. The number of carbonyl (C=O) groups is 1. The van der Waals surface area contributed by atoms with Gasteiger partial charge in [0.25, 0.3) is 5.69 Å². The van der Waals surface area contributed by atoms with E-state index in [0.717, 1.165) is 18.5 Å². The van der Waals surface area contributed by atoms with Crippen LogP contribution in [0.1, 0.15) is 37.0 Å². The van der Waals surface area contributed by atoms with Gasteiger partial charge in [-0.2, -0.15) is 0 Å². The van der Waals surface area contributed by atoms with Crippen LogP contribution in [0.15, 0.2) is 18.2 Å². The van der Waals surface area contributed by atoms with E-state index >= 15 is 0 Å². The largest absolute Gasteiger partial charge is 0.372 e. The van der Waals surface area contributed by atoms with Crippen molar-refractivity contribution < 1.29 is 14.5 Å².